The van der Waals surface area contributed by atoms with E-state index in [1.807, 2.05) is 20.8 Å². The Bertz CT molecular complexity index is 382. The van der Waals surface area contributed by atoms with Crippen LogP contribution in [0, 0.1) is 13.8 Å². The third kappa shape index (κ3) is 4.24. The fourth-order valence-electron chi connectivity index (χ4n) is 1.66. The molecule has 104 valence electrons. The van der Waals surface area contributed by atoms with Gasteiger partial charge in [0, 0.05) is 7.11 Å². The summed E-state index contributed by atoms with van der Waals surface area (Å²) in [5, 5.41) is 14.8. The van der Waals surface area contributed by atoms with Crippen LogP contribution in [0.2, 0.25) is 5.02 Å². The Morgan fingerprint density at radius 1 is 1.39 bits per heavy atom. The van der Waals surface area contributed by atoms with Crippen LogP contribution in [-0.4, -0.2) is 47.4 Å². The van der Waals surface area contributed by atoms with Gasteiger partial charge < -0.3 is 14.6 Å². The molecule has 0 fully saturated rings. The van der Waals surface area contributed by atoms with Crippen LogP contribution in [0.3, 0.4) is 0 Å². The van der Waals surface area contributed by atoms with E-state index in [4.69, 9.17) is 21.1 Å². The van der Waals surface area contributed by atoms with E-state index in [0.29, 0.717) is 18.2 Å². The van der Waals surface area contributed by atoms with Crippen LogP contribution < -0.4 is 0 Å². The number of methoxy groups -OCH3 is 1. The molecule has 1 aromatic heterocycles. The van der Waals surface area contributed by atoms with Crippen molar-refractivity contribution in [2.75, 3.05) is 20.3 Å². The largest absolute Gasteiger partial charge is 0.389 e. The number of aliphatic hydroxyl groups is 1. The second-order valence-corrected chi connectivity index (χ2v) is 4.80. The molecule has 1 aromatic rings. The summed E-state index contributed by atoms with van der Waals surface area (Å²) in [4.78, 5) is 0. The summed E-state index contributed by atoms with van der Waals surface area (Å²) in [7, 11) is 1.62. The van der Waals surface area contributed by atoms with Crippen molar-refractivity contribution in [2.24, 2.45) is 0 Å². The first-order valence-corrected chi connectivity index (χ1v) is 6.31. The predicted molar refractivity (Wildman–Crippen MR) is 70.0 cm³/mol. The molecule has 18 heavy (non-hydrogen) atoms. The average Bonchev–Trinajstić information content (AvgIpc) is 2.55. The van der Waals surface area contributed by atoms with Crippen molar-refractivity contribution in [3.8, 4) is 0 Å². The number of aromatic nitrogens is 2. The summed E-state index contributed by atoms with van der Waals surface area (Å²) in [5.74, 6) is 0. The highest BCUT2D eigenvalue weighted by Gasteiger charge is 2.14. The number of hydrogen-bond acceptors (Lipinski definition) is 4. The number of hydrogen-bond donors (Lipinski definition) is 1. The Hall–Kier alpha value is -0.620. The molecular formula is C12H21ClN2O3. The van der Waals surface area contributed by atoms with E-state index in [-0.39, 0.29) is 12.7 Å². The van der Waals surface area contributed by atoms with Crippen molar-refractivity contribution in [1.82, 2.24) is 9.78 Å². The van der Waals surface area contributed by atoms with Gasteiger partial charge in [-0.2, -0.15) is 5.10 Å². The van der Waals surface area contributed by atoms with Gasteiger partial charge in [0.25, 0.3) is 0 Å². The van der Waals surface area contributed by atoms with Crippen LogP contribution in [-0.2, 0) is 16.0 Å². The van der Waals surface area contributed by atoms with Gasteiger partial charge in [0.2, 0.25) is 0 Å². The molecule has 0 radical (unpaired) electrons. The highest BCUT2D eigenvalue weighted by atomic mass is 35.5. The van der Waals surface area contributed by atoms with Gasteiger partial charge in [0.1, 0.15) is 0 Å². The van der Waals surface area contributed by atoms with E-state index >= 15 is 0 Å². The van der Waals surface area contributed by atoms with Crippen LogP contribution in [0.15, 0.2) is 0 Å². The molecule has 0 aliphatic carbocycles. The van der Waals surface area contributed by atoms with E-state index in [0.717, 1.165) is 11.4 Å². The zero-order chi connectivity index (χ0) is 13.7. The topological polar surface area (TPSA) is 56.5 Å². The van der Waals surface area contributed by atoms with Crippen LogP contribution in [0.1, 0.15) is 18.3 Å². The maximum absolute atomic E-state index is 9.87. The van der Waals surface area contributed by atoms with Gasteiger partial charge in [0.15, 0.2) is 0 Å². The molecule has 1 N–H and O–H groups in total. The van der Waals surface area contributed by atoms with Gasteiger partial charge in [-0.05, 0) is 20.8 Å². The fourth-order valence-corrected chi connectivity index (χ4v) is 1.80. The maximum Gasteiger partial charge on any atom is 0.0969 e. The monoisotopic (exact) mass is 276 g/mol. The summed E-state index contributed by atoms with van der Waals surface area (Å²) >= 11 is 6.04. The van der Waals surface area contributed by atoms with E-state index in [1.54, 1.807) is 11.8 Å². The average molecular weight is 277 g/mol. The molecule has 2 atom stereocenters. The molecule has 0 aliphatic rings. The molecule has 5 nitrogen and oxygen atoms in total. The van der Waals surface area contributed by atoms with Crippen LogP contribution in [0.5, 0.6) is 0 Å². The van der Waals surface area contributed by atoms with Gasteiger partial charge >= 0.3 is 0 Å². The number of rotatable bonds is 7. The van der Waals surface area contributed by atoms with Gasteiger partial charge in [-0.15, -0.1) is 0 Å². The van der Waals surface area contributed by atoms with E-state index in [9.17, 15) is 5.11 Å². The smallest absolute Gasteiger partial charge is 0.0969 e. The molecule has 6 heteroatoms. The lowest BCUT2D eigenvalue weighted by molar-refractivity contribution is -0.0365. The van der Waals surface area contributed by atoms with Crippen molar-refractivity contribution >= 4 is 11.6 Å². The molecule has 0 spiro atoms. The number of nitrogens with zero attached hydrogens (tertiary/aromatic N) is 2. The maximum atomic E-state index is 9.87. The lowest BCUT2D eigenvalue weighted by Gasteiger charge is -2.16. The Labute approximate surface area is 113 Å². The highest BCUT2D eigenvalue weighted by Crippen LogP contribution is 2.19. The number of aliphatic hydroxyl groups excluding tert-OH is 1. The van der Waals surface area contributed by atoms with E-state index in [1.165, 1.54) is 0 Å². The minimum absolute atomic E-state index is 0.0336. The quantitative estimate of drug-likeness (QED) is 0.821. The standard InChI is InChI=1S/C12H21ClN2O3/c1-8(6-17-4)18-7-11(16)5-15-10(3)12(13)9(2)14-15/h8,11,16H,5-7H2,1-4H3. The number of ether oxygens (including phenoxy) is 2. The minimum Gasteiger partial charge on any atom is -0.389 e. The molecule has 0 aromatic carbocycles. The van der Waals surface area contributed by atoms with Crippen LogP contribution in [0.4, 0.5) is 0 Å². The summed E-state index contributed by atoms with van der Waals surface area (Å²) in [5.41, 5.74) is 1.63. The molecule has 0 bridgehead atoms. The Kier molecular flexibility index (Phi) is 6.08. The van der Waals surface area contributed by atoms with Crippen LogP contribution >= 0.6 is 11.6 Å². The first-order chi connectivity index (χ1) is 8.45. The lowest BCUT2D eigenvalue weighted by Crippen LogP contribution is -2.27. The first kappa shape index (κ1) is 15.4. The number of halogens is 1. The molecule has 0 saturated carbocycles. The molecular weight excluding hydrogens is 256 g/mol. The Morgan fingerprint density at radius 3 is 2.56 bits per heavy atom. The zero-order valence-corrected chi connectivity index (χ0v) is 12.1. The first-order valence-electron chi connectivity index (χ1n) is 5.93. The highest BCUT2D eigenvalue weighted by molar-refractivity contribution is 6.31. The molecule has 1 rings (SSSR count). The molecule has 2 unspecified atom stereocenters. The van der Waals surface area contributed by atoms with Gasteiger partial charge in [0.05, 0.1) is 48.4 Å². The zero-order valence-electron chi connectivity index (χ0n) is 11.3. The van der Waals surface area contributed by atoms with Crippen molar-refractivity contribution < 1.29 is 14.6 Å². The SMILES string of the molecule is COCC(C)OCC(O)Cn1nc(C)c(Cl)c1C. The second kappa shape index (κ2) is 7.09. The molecule has 0 saturated heterocycles. The Balaban J connectivity index is 2.44. The van der Waals surface area contributed by atoms with Crippen molar-refractivity contribution in [2.45, 2.75) is 39.5 Å². The minimum atomic E-state index is -0.613. The summed E-state index contributed by atoms with van der Waals surface area (Å²) < 4.78 is 12.1. The molecule has 1 heterocycles. The predicted octanol–water partition coefficient (Wildman–Crippen LogP) is 1.57. The van der Waals surface area contributed by atoms with Gasteiger partial charge in [-0.3, -0.25) is 4.68 Å². The molecule has 0 aliphatic heterocycles. The third-order valence-electron chi connectivity index (χ3n) is 2.65. The summed E-state index contributed by atoms with van der Waals surface area (Å²) in [6, 6.07) is 0. The van der Waals surface area contributed by atoms with Crippen molar-refractivity contribution in [1.29, 1.82) is 0 Å². The molecule has 0 amide bonds. The normalized spacial score (nSPS) is 14.8. The Morgan fingerprint density at radius 2 is 2.06 bits per heavy atom. The summed E-state index contributed by atoms with van der Waals surface area (Å²) in [6.45, 7) is 6.76. The number of aryl methyl sites for hydroxylation is 1. The second-order valence-electron chi connectivity index (χ2n) is 4.42. The lowest BCUT2D eigenvalue weighted by atomic mass is 10.3. The van der Waals surface area contributed by atoms with E-state index in [2.05, 4.69) is 5.10 Å². The third-order valence-corrected chi connectivity index (χ3v) is 3.20. The van der Waals surface area contributed by atoms with E-state index < -0.39 is 6.10 Å². The van der Waals surface area contributed by atoms with Crippen LogP contribution in [0.25, 0.3) is 0 Å². The fraction of sp³-hybridized carbons (Fsp3) is 0.750. The summed E-state index contributed by atoms with van der Waals surface area (Å²) in [6.07, 6.45) is -0.646. The van der Waals surface area contributed by atoms with Crippen molar-refractivity contribution in [3.63, 3.8) is 0 Å². The van der Waals surface area contributed by atoms with Gasteiger partial charge in [-0.25, -0.2) is 0 Å². The van der Waals surface area contributed by atoms with Crippen molar-refractivity contribution in [3.05, 3.63) is 16.4 Å². The van der Waals surface area contributed by atoms with Gasteiger partial charge in [-0.1, -0.05) is 11.6 Å².